The van der Waals surface area contributed by atoms with E-state index in [2.05, 4.69) is 4.90 Å². The molecule has 0 saturated carbocycles. The Labute approximate surface area is 142 Å². The van der Waals surface area contributed by atoms with Crippen molar-refractivity contribution in [1.29, 1.82) is 0 Å². The molecule has 0 aromatic heterocycles. The molecule has 1 N–H and O–H groups in total. The van der Waals surface area contributed by atoms with E-state index >= 15 is 0 Å². The highest BCUT2D eigenvalue weighted by molar-refractivity contribution is 5.69. The molecule has 0 unspecified atom stereocenters. The summed E-state index contributed by atoms with van der Waals surface area (Å²) in [6, 6.07) is 0. The van der Waals surface area contributed by atoms with E-state index in [1.165, 1.54) is 38.5 Å². The van der Waals surface area contributed by atoms with Gasteiger partial charge in [-0.25, -0.2) is 0 Å². The topological polar surface area (TPSA) is 49.8 Å². The molecule has 0 amide bonds. The SMILES string of the molecule is CCCOC(=O)CCCCCCCC[C@H](O)CN1CCCCC1. The molecule has 1 rings (SSSR count). The number of hydrogen-bond acceptors (Lipinski definition) is 4. The largest absolute Gasteiger partial charge is 0.466 e. The van der Waals surface area contributed by atoms with Crippen LogP contribution in [0, 0.1) is 0 Å². The number of esters is 1. The molecule has 4 heteroatoms. The normalized spacial score (nSPS) is 17.1. The van der Waals surface area contributed by atoms with E-state index in [9.17, 15) is 9.90 Å². The third-order valence-corrected chi connectivity index (χ3v) is 4.55. The van der Waals surface area contributed by atoms with Crippen molar-refractivity contribution in [1.82, 2.24) is 4.90 Å². The number of ether oxygens (including phenoxy) is 1. The van der Waals surface area contributed by atoms with Gasteiger partial charge >= 0.3 is 5.97 Å². The lowest BCUT2D eigenvalue weighted by molar-refractivity contribution is -0.143. The maximum absolute atomic E-state index is 11.3. The van der Waals surface area contributed by atoms with Crippen LogP contribution in [0.5, 0.6) is 0 Å². The Morgan fingerprint density at radius 1 is 1.04 bits per heavy atom. The first-order chi connectivity index (χ1) is 11.2. The highest BCUT2D eigenvalue weighted by Crippen LogP contribution is 2.13. The first-order valence-electron chi connectivity index (χ1n) is 9.78. The molecule has 0 spiro atoms. The molecule has 1 heterocycles. The molecule has 1 fully saturated rings. The maximum atomic E-state index is 11.3. The number of β-amino-alcohol motifs (C(OH)–C–C–N with tert-alkyl or cyclic N) is 1. The summed E-state index contributed by atoms with van der Waals surface area (Å²) in [6.45, 7) is 5.75. The Kier molecular flexibility index (Phi) is 12.3. The predicted molar refractivity (Wildman–Crippen MR) is 94.5 cm³/mol. The lowest BCUT2D eigenvalue weighted by Gasteiger charge is -2.28. The molecule has 0 aromatic rings. The van der Waals surface area contributed by atoms with Crippen LogP contribution in [0.2, 0.25) is 0 Å². The minimum atomic E-state index is -0.151. The highest BCUT2D eigenvalue weighted by Gasteiger charge is 2.14. The van der Waals surface area contributed by atoms with Gasteiger partial charge in [0.25, 0.3) is 0 Å². The number of rotatable bonds is 13. The van der Waals surface area contributed by atoms with Crippen LogP contribution in [0.15, 0.2) is 0 Å². The molecule has 1 saturated heterocycles. The van der Waals surface area contributed by atoms with Crippen molar-refractivity contribution in [2.24, 2.45) is 0 Å². The van der Waals surface area contributed by atoms with Gasteiger partial charge < -0.3 is 14.7 Å². The van der Waals surface area contributed by atoms with Crippen molar-refractivity contribution in [2.75, 3.05) is 26.2 Å². The Bertz CT molecular complexity index is 290. The van der Waals surface area contributed by atoms with Crippen LogP contribution in [-0.4, -0.2) is 48.3 Å². The minimum absolute atomic E-state index is 0.0484. The molecule has 23 heavy (non-hydrogen) atoms. The molecule has 0 bridgehead atoms. The molecule has 4 nitrogen and oxygen atoms in total. The molecular weight excluding hydrogens is 290 g/mol. The number of piperidine rings is 1. The average Bonchev–Trinajstić information content (AvgIpc) is 2.56. The number of nitrogens with zero attached hydrogens (tertiary/aromatic N) is 1. The van der Waals surface area contributed by atoms with E-state index in [1.807, 2.05) is 6.92 Å². The summed E-state index contributed by atoms with van der Waals surface area (Å²) < 4.78 is 5.05. The van der Waals surface area contributed by atoms with Gasteiger partial charge in [-0.15, -0.1) is 0 Å². The zero-order valence-corrected chi connectivity index (χ0v) is 15.1. The zero-order valence-electron chi connectivity index (χ0n) is 15.1. The molecule has 1 atom stereocenters. The molecule has 0 aromatic carbocycles. The van der Waals surface area contributed by atoms with Gasteiger partial charge in [-0.3, -0.25) is 4.79 Å². The van der Waals surface area contributed by atoms with Gasteiger partial charge in [-0.05, 0) is 45.2 Å². The van der Waals surface area contributed by atoms with Crippen molar-refractivity contribution in [3.05, 3.63) is 0 Å². The lowest BCUT2D eigenvalue weighted by atomic mass is 10.0. The van der Waals surface area contributed by atoms with Gasteiger partial charge in [-0.1, -0.05) is 45.4 Å². The Morgan fingerprint density at radius 3 is 2.39 bits per heavy atom. The fourth-order valence-corrected chi connectivity index (χ4v) is 3.18. The summed E-state index contributed by atoms with van der Waals surface area (Å²) in [5.41, 5.74) is 0. The number of carbonyl (C=O) groups excluding carboxylic acids is 1. The third-order valence-electron chi connectivity index (χ3n) is 4.55. The molecule has 0 aliphatic carbocycles. The van der Waals surface area contributed by atoms with Gasteiger partial charge in [0.05, 0.1) is 12.7 Å². The summed E-state index contributed by atoms with van der Waals surface area (Å²) in [4.78, 5) is 13.7. The van der Waals surface area contributed by atoms with Gasteiger partial charge in [0.1, 0.15) is 0 Å². The van der Waals surface area contributed by atoms with E-state index in [4.69, 9.17) is 4.74 Å². The molecule has 1 aliphatic heterocycles. The van der Waals surface area contributed by atoms with Crippen molar-refractivity contribution in [3.63, 3.8) is 0 Å². The fourth-order valence-electron chi connectivity index (χ4n) is 3.18. The number of hydrogen-bond donors (Lipinski definition) is 1. The standard InChI is InChI=1S/C19H37NO3/c1-2-16-23-19(22)13-9-6-4-3-5-8-12-18(21)17-20-14-10-7-11-15-20/h18,21H,2-17H2,1H3/t18-/m0/s1. The molecular formula is C19H37NO3. The van der Waals surface area contributed by atoms with Gasteiger partial charge in [0.15, 0.2) is 0 Å². The summed E-state index contributed by atoms with van der Waals surface area (Å²) in [7, 11) is 0. The smallest absolute Gasteiger partial charge is 0.305 e. The van der Waals surface area contributed by atoms with Gasteiger partial charge in [0.2, 0.25) is 0 Å². The Balaban J connectivity index is 1.84. The monoisotopic (exact) mass is 327 g/mol. The van der Waals surface area contributed by atoms with Crippen LogP contribution >= 0.6 is 0 Å². The fraction of sp³-hybridized carbons (Fsp3) is 0.947. The van der Waals surface area contributed by atoms with E-state index in [1.54, 1.807) is 0 Å². The molecule has 136 valence electrons. The Hall–Kier alpha value is -0.610. The second-order valence-electron chi connectivity index (χ2n) is 6.90. The van der Waals surface area contributed by atoms with Gasteiger partial charge in [-0.2, -0.15) is 0 Å². The average molecular weight is 328 g/mol. The zero-order chi connectivity index (χ0) is 16.8. The van der Waals surface area contributed by atoms with Crippen LogP contribution in [-0.2, 0) is 9.53 Å². The maximum Gasteiger partial charge on any atom is 0.305 e. The van der Waals surface area contributed by atoms with Crippen LogP contribution in [0.1, 0.15) is 84.0 Å². The number of carbonyl (C=O) groups is 1. The van der Waals surface area contributed by atoms with Gasteiger partial charge in [0, 0.05) is 13.0 Å². The number of aliphatic hydroxyl groups excluding tert-OH is 1. The lowest BCUT2D eigenvalue weighted by Crippen LogP contribution is -2.36. The van der Waals surface area contributed by atoms with E-state index < -0.39 is 0 Å². The highest BCUT2D eigenvalue weighted by atomic mass is 16.5. The quantitative estimate of drug-likeness (QED) is 0.412. The van der Waals surface area contributed by atoms with E-state index in [0.717, 1.165) is 51.7 Å². The van der Waals surface area contributed by atoms with E-state index in [0.29, 0.717) is 13.0 Å². The van der Waals surface area contributed by atoms with Crippen LogP contribution in [0.3, 0.4) is 0 Å². The van der Waals surface area contributed by atoms with Crippen LogP contribution < -0.4 is 0 Å². The summed E-state index contributed by atoms with van der Waals surface area (Å²) in [6.07, 6.45) is 12.9. The van der Waals surface area contributed by atoms with E-state index in [-0.39, 0.29) is 12.1 Å². The predicted octanol–water partition coefficient (Wildman–Crippen LogP) is 3.91. The van der Waals surface area contributed by atoms with Crippen molar-refractivity contribution in [3.8, 4) is 0 Å². The number of unbranched alkanes of at least 4 members (excludes halogenated alkanes) is 5. The minimum Gasteiger partial charge on any atom is -0.466 e. The Morgan fingerprint density at radius 2 is 1.70 bits per heavy atom. The summed E-state index contributed by atoms with van der Waals surface area (Å²) >= 11 is 0. The molecule has 0 radical (unpaired) electrons. The summed E-state index contributed by atoms with van der Waals surface area (Å²) in [5, 5.41) is 10.1. The van der Waals surface area contributed by atoms with Crippen molar-refractivity contribution in [2.45, 2.75) is 90.1 Å². The van der Waals surface area contributed by atoms with Crippen molar-refractivity contribution >= 4 is 5.97 Å². The number of likely N-dealkylation sites (tertiary alicyclic amines) is 1. The first-order valence-corrected chi connectivity index (χ1v) is 9.78. The van der Waals surface area contributed by atoms with Crippen LogP contribution in [0.25, 0.3) is 0 Å². The van der Waals surface area contributed by atoms with Crippen molar-refractivity contribution < 1.29 is 14.6 Å². The molecule has 1 aliphatic rings. The second kappa shape index (κ2) is 13.8. The second-order valence-corrected chi connectivity index (χ2v) is 6.90. The van der Waals surface area contributed by atoms with Crippen LogP contribution in [0.4, 0.5) is 0 Å². The third kappa shape index (κ3) is 11.5. The number of aliphatic hydroxyl groups is 1. The first kappa shape index (κ1) is 20.4. The summed E-state index contributed by atoms with van der Waals surface area (Å²) in [5.74, 6) is -0.0484.